The van der Waals surface area contributed by atoms with Crippen molar-refractivity contribution in [2.45, 2.75) is 0 Å². The third-order valence-electron chi connectivity index (χ3n) is 3.07. The van der Waals surface area contributed by atoms with Crippen LogP contribution in [0.15, 0.2) is 59.1 Å². The van der Waals surface area contributed by atoms with Crippen molar-refractivity contribution < 1.29 is 9.26 Å². The second kappa shape index (κ2) is 6.45. The van der Waals surface area contributed by atoms with Gasteiger partial charge in [-0.05, 0) is 35.9 Å². The van der Waals surface area contributed by atoms with Gasteiger partial charge in [-0.3, -0.25) is 0 Å². The molecule has 0 bridgehead atoms. The molecule has 1 aromatic heterocycles. The summed E-state index contributed by atoms with van der Waals surface area (Å²) in [6.45, 7) is 0. The number of hydrogen-bond acceptors (Lipinski definition) is 4. The number of rotatable bonds is 4. The maximum absolute atomic E-state index is 6.23. The van der Waals surface area contributed by atoms with Crippen molar-refractivity contribution in [3.8, 4) is 17.1 Å². The summed E-state index contributed by atoms with van der Waals surface area (Å²) in [7, 11) is 1.62. The molecule has 110 valence electrons. The van der Waals surface area contributed by atoms with Gasteiger partial charge in [-0.2, -0.15) is 4.98 Å². The van der Waals surface area contributed by atoms with Crippen LogP contribution in [0.25, 0.3) is 22.5 Å². The minimum Gasteiger partial charge on any atom is -0.497 e. The normalized spacial score (nSPS) is 11.5. The molecule has 5 heteroatoms. The lowest BCUT2D eigenvalue weighted by molar-refractivity contribution is 0.410. The van der Waals surface area contributed by atoms with Gasteiger partial charge in [0.25, 0.3) is 5.89 Å². The summed E-state index contributed by atoms with van der Waals surface area (Å²) in [6.07, 6.45) is 1.78. The fraction of sp³-hybridized carbons (Fsp3) is 0.0588. The minimum absolute atomic E-state index is 0.288. The second-order valence-electron chi connectivity index (χ2n) is 4.55. The number of aromatic nitrogens is 2. The Kier molecular flexibility index (Phi) is 4.21. The summed E-state index contributed by atoms with van der Waals surface area (Å²) in [6, 6.07) is 17.1. The molecule has 0 aliphatic rings. The van der Waals surface area contributed by atoms with Crippen LogP contribution in [-0.2, 0) is 0 Å². The van der Waals surface area contributed by atoms with Crippen LogP contribution >= 0.6 is 11.6 Å². The Morgan fingerprint density at radius 3 is 2.50 bits per heavy atom. The highest BCUT2D eigenvalue weighted by molar-refractivity contribution is 6.50. The average molecular weight is 313 g/mol. The number of hydrogen-bond donors (Lipinski definition) is 0. The fourth-order valence-electron chi connectivity index (χ4n) is 1.94. The fourth-order valence-corrected chi connectivity index (χ4v) is 2.14. The quantitative estimate of drug-likeness (QED) is 0.712. The Balaban J connectivity index is 1.85. The van der Waals surface area contributed by atoms with Gasteiger partial charge in [0.2, 0.25) is 5.82 Å². The van der Waals surface area contributed by atoms with Gasteiger partial charge in [0.15, 0.2) is 0 Å². The molecule has 0 amide bonds. The first-order valence-electron chi connectivity index (χ1n) is 6.67. The van der Waals surface area contributed by atoms with E-state index in [0.717, 1.165) is 16.9 Å². The number of benzene rings is 2. The van der Waals surface area contributed by atoms with Crippen molar-refractivity contribution in [1.82, 2.24) is 10.1 Å². The van der Waals surface area contributed by atoms with Crippen molar-refractivity contribution in [3.05, 3.63) is 66.1 Å². The van der Waals surface area contributed by atoms with Gasteiger partial charge in [-0.25, -0.2) is 0 Å². The van der Waals surface area contributed by atoms with Crippen LogP contribution in [0, 0.1) is 0 Å². The average Bonchev–Trinajstić information content (AvgIpc) is 3.06. The summed E-state index contributed by atoms with van der Waals surface area (Å²) in [5.74, 6) is 1.54. The minimum atomic E-state index is 0.288. The molecule has 0 N–H and O–H groups in total. The number of nitrogens with zero attached hydrogens (tertiary/aromatic N) is 2. The van der Waals surface area contributed by atoms with E-state index in [4.69, 9.17) is 20.9 Å². The van der Waals surface area contributed by atoms with E-state index >= 15 is 0 Å². The van der Waals surface area contributed by atoms with Gasteiger partial charge < -0.3 is 9.26 Å². The third-order valence-corrected chi connectivity index (χ3v) is 3.34. The molecule has 0 saturated carbocycles. The van der Waals surface area contributed by atoms with Gasteiger partial charge >= 0.3 is 0 Å². The molecule has 3 rings (SSSR count). The van der Waals surface area contributed by atoms with Crippen LogP contribution < -0.4 is 4.74 Å². The van der Waals surface area contributed by atoms with Gasteiger partial charge in [0.1, 0.15) is 10.8 Å². The van der Waals surface area contributed by atoms with E-state index in [0.29, 0.717) is 10.9 Å². The summed E-state index contributed by atoms with van der Waals surface area (Å²) in [5.41, 5.74) is 1.80. The Morgan fingerprint density at radius 2 is 1.82 bits per heavy atom. The highest BCUT2D eigenvalue weighted by atomic mass is 35.5. The molecule has 0 fully saturated rings. The maximum Gasteiger partial charge on any atom is 0.269 e. The van der Waals surface area contributed by atoms with Gasteiger partial charge in [-0.15, -0.1) is 0 Å². The van der Waals surface area contributed by atoms with E-state index in [-0.39, 0.29) is 5.89 Å². The molecular weight excluding hydrogens is 300 g/mol. The smallest absolute Gasteiger partial charge is 0.269 e. The molecule has 0 unspecified atom stereocenters. The first kappa shape index (κ1) is 14.4. The molecule has 4 nitrogen and oxygen atoms in total. The Morgan fingerprint density at radius 1 is 1.09 bits per heavy atom. The van der Waals surface area contributed by atoms with E-state index < -0.39 is 0 Å². The zero-order valence-corrected chi connectivity index (χ0v) is 12.6. The zero-order valence-electron chi connectivity index (χ0n) is 11.9. The standard InChI is InChI=1S/C17H13ClN2O2/c1-21-14-9-7-13(8-10-14)16-19-17(22-20-16)15(18)11-12-5-3-2-4-6-12/h2-11H,1H3/b15-11-. The summed E-state index contributed by atoms with van der Waals surface area (Å²) in [4.78, 5) is 4.31. The van der Waals surface area contributed by atoms with Crippen LogP contribution in [0.1, 0.15) is 11.5 Å². The third kappa shape index (κ3) is 3.18. The first-order valence-corrected chi connectivity index (χ1v) is 7.05. The van der Waals surface area contributed by atoms with Crippen molar-refractivity contribution in [2.24, 2.45) is 0 Å². The molecule has 0 aliphatic carbocycles. The molecule has 1 heterocycles. The lowest BCUT2D eigenvalue weighted by atomic mass is 10.2. The Bertz CT molecular complexity index is 780. The van der Waals surface area contributed by atoms with Gasteiger partial charge in [0.05, 0.1) is 7.11 Å². The lowest BCUT2D eigenvalue weighted by Gasteiger charge is -1.98. The van der Waals surface area contributed by atoms with E-state index in [1.165, 1.54) is 0 Å². The highest BCUT2D eigenvalue weighted by Gasteiger charge is 2.11. The first-order chi connectivity index (χ1) is 10.8. The van der Waals surface area contributed by atoms with Crippen molar-refractivity contribution in [2.75, 3.05) is 7.11 Å². The lowest BCUT2D eigenvalue weighted by Crippen LogP contribution is -1.84. The van der Waals surface area contributed by atoms with Crippen molar-refractivity contribution in [1.29, 1.82) is 0 Å². The second-order valence-corrected chi connectivity index (χ2v) is 4.96. The monoisotopic (exact) mass is 312 g/mol. The Hall–Kier alpha value is -2.59. The van der Waals surface area contributed by atoms with E-state index in [2.05, 4.69) is 10.1 Å². The Labute approximate surface area is 133 Å². The molecule has 0 spiro atoms. The van der Waals surface area contributed by atoms with Crippen LogP contribution in [0.3, 0.4) is 0 Å². The van der Waals surface area contributed by atoms with Crippen molar-refractivity contribution >= 4 is 22.7 Å². The summed E-state index contributed by atoms with van der Waals surface area (Å²) < 4.78 is 10.3. The molecule has 22 heavy (non-hydrogen) atoms. The summed E-state index contributed by atoms with van der Waals surface area (Å²) in [5, 5.41) is 4.35. The summed E-state index contributed by atoms with van der Waals surface area (Å²) >= 11 is 6.23. The zero-order chi connectivity index (χ0) is 15.4. The molecule has 2 aromatic carbocycles. The predicted molar refractivity (Wildman–Crippen MR) is 86.5 cm³/mol. The number of methoxy groups -OCH3 is 1. The molecule has 3 aromatic rings. The van der Waals surface area contributed by atoms with E-state index in [9.17, 15) is 0 Å². The maximum atomic E-state index is 6.23. The molecule has 0 radical (unpaired) electrons. The van der Waals surface area contributed by atoms with Crippen LogP contribution in [0.2, 0.25) is 0 Å². The molecule has 0 atom stereocenters. The van der Waals surface area contributed by atoms with Crippen molar-refractivity contribution in [3.63, 3.8) is 0 Å². The molecule has 0 saturated heterocycles. The van der Waals surface area contributed by atoms with Crippen LogP contribution in [0.4, 0.5) is 0 Å². The SMILES string of the molecule is COc1ccc(-c2noc(/C(Cl)=C/c3ccccc3)n2)cc1. The van der Waals surface area contributed by atoms with E-state index in [1.807, 2.05) is 54.6 Å². The number of ether oxygens (including phenoxy) is 1. The largest absolute Gasteiger partial charge is 0.497 e. The van der Waals surface area contributed by atoms with E-state index in [1.54, 1.807) is 13.2 Å². The van der Waals surface area contributed by atoms with Gasteiger partial charge in [-0.1, -0.05) is 47.1 Å². The molecule has 0 aliphatic heterocycles. The van der Waals surface area contributed by atoms with Gasteiger partial charge in [0, 0.05) is 5.56 Å². The van der Waals surface area contributed by atoms with Crippen LogP contribution in [0.5, 0.6) is 5.75 Å². The topological polar surface area (TPSA) is 48.2 Å². The predicted octanol–water partition coefficient (Wildman–Crippen LogP) is 4.48. The number of halogens is 1. The molecular formula is C17H13ClN2O2. The highest BCUT2D eigenvalue weighted by Crippen LogP contribution is 2.24. The van der Waals surface area contributed by atoms with Crippen LogP contribution in [-0.4, -0.2) is 17.3 Å².